The van der Waals surface area contributed by atoms with E-state index in [0.717, 1.165) is 19.4 Å². The standard InChI is InChI=1S/C7H18N4O/c1-11(2)9-6-4-3-5-7(8)10-12/h9,12H,3-6H2,1-2H3,(H2,8,10). The van der Waals surface area contributed by atoms with Gasteiger partial charge in [0.15, 0.2) is 0 Å². The number of nitrogens with zero attached hydrogens (tertiary/aromatic N) is 2. The van der Waals surface area contributed by atoms with Crippen LogP contribution >= 0.6 is 0 Å². The Kier molecular flexibility index (Phi) is 6.41. The zero-order valence-electron chi connectivity index (χ0n) is 7.75. The van der Waals surface area contributed by atoms with Crippen LogP contribution in [0.5, 0.6) is 0 Å². The lowest BCUT2D eigenvalue weighted by Gasteiger charge is -2.10. The number of hydrazine groups is 1. The third-order valence-corrected chi connectivity index (χ3v) is 1.42. The average molecular weight is 174 g/mol. The molecule has 0 aromatic heterocycles. The number of amidine groups is 1. The Morgan fingerprint density at radius 3 is 2.67 bits per heavy atom. The first-order chi connectivity index (χ1) is 5.66. The Morgan fingerprint density at radius 1 is 1.50 bits per heavy atom. The summed E-state index contributed by atoms with van der Waals surface area (Å²) in [7, 11) is 3.90. The fourth-order valence-corrected chi connectivity index (χ4v) is 0.784. The van der Waals surface area contributed by atoms with Gasteiger partial charge in [-0.15, -0.1) is 0 Å². The molecule has 0 saturated carbocycles. The number of nitrogens with two attached hydrogens (primary N) is 1. The Bertz CT molecular complexity index is 135. The first-order valence-electron chi connectivity index (χ1n) is 4.04. The lowest BCUT2D eigenvalue weighted by Crippen LogP contribution is -2.31. The lowest BCUT2D eigenvalue weighted by molar-refractivity contribution is 0.287. The van der Waals surface area contributed by atoms with Gasteiger partial charge in [0.05, 0.1) is 0 Å². The van der Waals surface area contributed by atoms with Crippen LogP contribution in [-0.4, -0.2) is 36.7 Å². The van der Waals surface area contributed by atoms with Crippen LogP contribution in [0.15, 0.2) is 5.16 Å². The number of hydrogen-bond donors (Lipinski definition) is 3. The average Bonchev–Trinajstić information content (AvgIpc) is 2.03. The summed E-state index contributed by atoms with van der Waals surface area (Å²) in [5, 5.41) is 13.0. The van der Waals surface area contributed by atoms with E-state index in [0.29, 0.717) is 12.3 Å². The third-order valence-electron chi connectivity index (χ3n) is 1.42. The van der Waals surface area contributed by atoms with Gasteiger partial charge in [0.25, 0.3) is 0 Å². The summed E-state index contributed by atoms with van der Waals surface area (Å²) in [6.07, 6.45) is 2.62. The van der Waals surface area contributed by atoms with Crippen molar-refractivity contribution in [1.82, 2.24) is 10.4 Å². The number of rotatable bonds is 6. The van der Waals surface area contributed by atoms with E-state index in [1.807, 2.05) is 19.1 Å². The van der Waals surface area contributed by atoms with Crippen molar-refractivity contribution in [2.24, 2.45) is 10.9 Å². The summed E-state index contributed by atoms with van der Waals surface area (Å²) < 4.78 is 0. The maximum absolute atomic E-state index is 8.22. The second-order valence-corrected chi connectivity index (χ2v) is 2.85. The maximum Gasteiger partial charge on any atom is 0.139 e. The zero-order valence-corrected chi connectivity index (χ0v) is 7.75. The smallest absolute Gasteiger partial charge is 0.139 e. The van der Waals surface area contributed by atoms with Crippen molar-refractivity contribution < 1.29 is 5.21 Å². The molecular weight excluding hydrogens is 156 g/mol. The number of nitrogens with one attached hydrogen (secondary N) is 1. The topological polar surface area (TPSA) is 73.9 Å². The van der Waals surface area contributed by atoms with Crippen LogP contribution in [-0.2, 0) is 0 Å². The van der Waals surface area contributed by atoms with Crippen LogP contribution in [0.2, 0.25) is 0 Å². The van der Waals surface area contributed by atoms with Gasteiger partial charge in [-0.1, -0.05) is 5.16 Å². The summed E-state index contributed by atoms with van der Waals surface area (Å²) in [6, 6.07) is 0. The molecule has 0 rings (SSSR count). The molecule has 0 aliphatic heterocycles. The fourth-order valence-electron chi connectivity index (χ4n) is 0.784. The van der Waals surface area contributed by atoms with Gasteiger partial charge in [0, 0.05) is 27.1 Å². The van der Waals surface area contributed by atoms with E-state index in [9.17, 15) is 0 Å². The summed E-state index contributed by atoms with van der Waals surface area (Å²) >= 11 is 0. The van der Waals surface area contributed by atoms with Gasteiger partial charge in [-0.2, -0.15) is 0 Å². The van der Waals surface area contributed by atoms with Gasteiger partial charge >= 0.3 is 0 Å². The number of unbranched alkanes of at least 4 members (excludes halogenated alkanes) is 1. The molecule has 4 N–H and O–H groups in total. The minimum atomic E-state index is 0.305. The van der Waals surface area contributed by atoms with Gasteiger partial charge in [-0.05, 0) is 12.8 Å². The van der Waals surface area contributed by atoms with E-state index in [-0.39, 0.29) is 0 Å². The SMILES string of the molecule is CN(C)NCCCCC(N)=NO. The molecule has 5 heteroatoms. The third kappa shape index (κ3) is 7.30. The zero-order chi connectivity index (χ0) is 9.40. The molecule has 0 aliphatic carbocycles. The van der Waals surface area contributed by atoms with Crippen molar-refractivity contribution in [3.63, 3.8) is 0 Å². The molecule has 0 amide bonds. The van der Waals surface area contributed by atoms with Crippen molar-refractivity contribution in [3.8, 4) is 0 Å². The van der Waals surface area contributed by atoms with Crippen LogP contribution in [0.3, 0.4) is 0 Å². The molecule has 0 aromatic carbocycles. The predicted octanol–water partition coefficient (Wildman–Crippen LogP) is -0.0307. The van der Waals surface area contributed by atoms with E-state index in [4.69, 9.17) is 10.9 Å². The van der Waals surface area contributed by atoms with Crippen LogP contribution in [0.25, 0.3) is 0 Å². The Balaban J connectivity index is 3.11. The largest absolute Gasteiger partial charge is 0.409 e. The quantitative estimate of drug-likeness (QED) is 0.174. The van der Waals surface area contributed by atoms with E-state index >= 15 is 0 Å². The van der Waals surface area contributed by atoms with Crippen molar-refractivity contribution in [1.29, 1.82) is 0 Å². The summed E-state index contributed by atoms with van der Waals surface area (Å²) in [6.45, 7) is 0.922. The molecule has 72 valence electrons. The van der Waals surface area contributed by atoms with Crippen molar-refractivity contribution >= 4 is 5.84 Å². The second kappa shape index (κ2) is 6.87. The molecule has 0 unspecified atom stereocenters. The van der Waals surface area contributed by atoms with Crippen molar-refractivity contribution in [2.75, 3.05) is 20.6 Å². The molecule has 0 radical (unpaired) electrons. The highest BCUT2D eigenvalue weighted by Gasteiger charge is 1.93. The normalized spacial score (nSPS) is 12.4. The highest BCUT2D eigenvalue weighted by molar-refractivity contribution is 5.79. The van der Waals surface area contributed by atoms with E-state index < -0.39 is 0 Å². The first-order valence-corrected chi connectivity index (χ1v) is 4.04. The fraction of sp³-hybridized carbons (Fsp3) is 0.857. The Labute approximate surface area is 73.2 Å². The van der Waals surface area contributed by atoms with Gasteiger partial charge in [0.1, 0.15) is 5.84 Å². The van der Waals surface area contributed by atoms with Crippen LogP contribution in [0.1, 0.15) is 19.3 Å². The molecule has 5 nitrogen and oxygen atoms in total. The van der Waals surface area contributed by atoms with Gasteiger partial charge in [-0.3, -0.25) is 10.4 Å². The van der Waals surface area contributed by atoms with Crippen LogP contribution in [0, 0.1) is 0 Å². The lowest BCUT2D eigenvalue weighted by atomic mass is 10.2. The molecule has 0 fully saturated rings. The van der Waals surface area contributed by atoms with Gasteiger partial charge in [-0.25, -0.2) is 0 Å². The Hall–Kier alpha value is -0.810. The van der Waals surface area contributed by atoms with E-state index in [1.54, 1.807) is 0 Å². The maximum atomic E-state index is 8.22. The second-order valence-electron chi connectivity index (χ2n) is 2.85. The van der Waals surface area contributed by atoms with Crippen LogP contribution in [0.4, 0.5) is 0 Å². The minimum Gasteiger partial charge on any atom is -0.409 e. The summed E-state index contributed by atoms with van der Waals surface area (Å²) in [5.41, 5.74) is 8.41. The molecule has 0 saturated heterocycles. The molecule has 0 spiro atoms. The van der Waals surface area contributed by atoms with E-state index in [1.165, 1.54) is 0 Å². The summed E-state index contributed by atoms with van der Waals surface area (Å²) in [4.78, 5) is 0. The van der Waals surface area contributed by atoms with E-state index in [2.05, 4.69) is 10.6 Å². The van der Waals surface area contributed by atoms with Crippen LogP contribution < -0.4 is 11.2 Å². The highest BCUT2D eigenvalue weighted by Crippen LogP contribution is 1.93. The molecule has 0 aliphatic rings. The predicted molar refractivity (Wildman–Crippen MR) is 48.9 cm³/mol. The molecular formula is C7H18N4O. The summed E-state index contributed by atoms with van der Waals surface area (Å²) in [5.74, 6) is 0.305. The van der Waals surface area contributed by atoms with Crippen molar-refractivity contribution in [3.05, 3.63) is 0 Å². The molecule has 0 heterocycles. The van der Waals surface area contributed by atoms with Crippen molar-refractivity contribution in [2.45, 2.75) is 19.3 Å². The van der Waals surface area contributed by atoms with Gasteiger partial charge in [0.2, 0.25) is 0 Å². The highest BCUT2D eigenvalue weighted by atomic mass is 16.4. The monoisotopic (exact) mass is 174 g/mol. The molecule has 0 aromatic rings. The minimum absolute atomic E-state index is 0.305. The Morgan fingerprint density at radius 2 is 2.17 bits per heavy atom. The first kappa shape index (κ1) is 11.2. The van der Waals surface area contributed by atoms with Gasteiger partial charge < -0.3 is 10.9 Å². The molecule has 0 atom stereocenters. The number of hydrogen-bond acceptors (Lipinski definition) is 4. The molecule has 0 bridgehead atoms. The molecule has 12 heavy (non-hydrogen) atoms. The number of oxime groups is 1.